The first-order valence-electron chi connectivity index (χ1n) is 8.37. The number of para-hydroxylation sites is 1. The second kappa shape index (κ2) is 9.66. The summed E-state index contributed by atoms with van der Waals surface area (Å²) in [5.41, 5.74) is 2.29. The summed E-state index contributed by atoms with van der Waals surface area (Å²) in [6, 6.07) is 10.2. The largest absolute Gasteiger partial charge is 0.356 e. The van der Waals surface area contributed by atoms with Crippen LogP contribution in [0.25, 0.3) is 5.69 Å². The average Bonchev–Trinajstić information content (AvgIpc) is 3.07. The van der Waals surface area contributed by atoms with Crippen LogP contribution in [0, 0.1) is 0 Å². The van der Waals surface area contributed by atoms with Crippen LogP contribution in [0.15, 0.2) is 47.7 Å². The molecule has 2 rings (SSSR count). The summed E-state index contributed by atoms with van der Waals surface area (Å²) in [6.07, 6.45) is 8.59. The van der Waals surface area contributed by atoms with Gasteiger partial charge in [0.25, 0.3) is 0 Å². The highest BCUT2D eigenvalue weighted by Gasteiger charge is 2.02. The number of rotatable bonds is 8. The normalized spacial score (nSPS) is 11.5. The lowest BCUT2D eigenvalue weighted by Gasteiger charge is -2.11. The maximum atomic E-state index is 4.42. The number of aliphatic imine (C=N–C) groups is 1. The van der Waals surface area contributed by atoms with Crippen LogP contribution >= 0.6 is 0 Å². The van der Waals surface area contributed by atoms with Gasteiger partial charge in [0.2, 0.25) is 0 Å². The molecule has 0 aliphatic rings. The first-order chi connectivity index (χ1) is 11.3. The molecule has 1 aromatic heterocycles. The van der Waals surface area contributed by atoms with Crippen molar-refractivity contribution in [3.05, 3.63) is 48.3 Å². The first kappa shape index (κ1) is 17.1. The molecule has 0 spiro atoms. The standard InChI is InChI=1S/C18H27N5/c1-3-4-8-12-20-18(19-2)21-13-11-16-14-22-23(15-16)17-9-6-5-7-10-17/h5-7,9-10,14-15H,3-4,8,11-13H2,1-2H3,(H2,19,20,21). The maximum absolute atomic E-state index is 4.42. The van der Waals surface area contributed by atoms with Crippen molar-refractivity contribution in [2.45, 2.75) is 32.6 Å². The lowest BCUT2D eigenvalue weighted by Crippen LogP contribution is -2.38. The van der Waals surface area contributed by atoms with E-state index in [-0.39, 0.29) is 0 Å². The molecular formula is C18H27N5. The molecule has 0 bridgehead atoms. The molecule has 0 fully saturated rings. The highest BCUT2D eigenvalue weighted by Crippen LogP contribution is 2.07. The lowest BCUT2D eigenvalue weighted by molar-refractivity contribution is 0.682. The summed E-state index contributed by atoms with van der Waals surface area (Å²) >= 11 is 0. The molecule has 5 heteroatoms. The molecule has 0 saturated carbocycles. The molecule has 2 N–H and O–H groups in total. The van der Waals surface area contributed by atoms with Gasteiger partial charge in [-0.15, -0.1) is 0 Å². The Kier molecular flexibility index (Phi) is 7.17. The van der Waals surface area contributed by atoms with Crippen LogP contribution in [-0.4, -0.2) is 35.9 Å². The van der Waals surface area contributed by atoms with E-state index in [0.29, 0.717) is 0 Å². The fraction of sp³-hybridized carbons (Fsp3) is 0.444. The fourth-order valence-corrected chi connectivity index (χ4v) is 2.34. The number of hydrogen-bond acceptors (Lipinski definition) is 2. The number of aromatic nitrogens is 2. The first-order valence-corrected chi connectivity index (χ1v) is 8.37. The van der Waals surface area contributed by atoms with Crippen molar-refractivity contribution < 1.29 is 0 Å². The number of unbranched alkanes of at least 4 members (excludes halogenated alkanes) is 2. The van der Waals surface area contributed by atoms with E-state index in [9.17, 15) is 0 Å². The van der Waals surface area contributed by atoms with Crippen LogP contribution in [0.4, 0.5) is 0 Å². The van der Waals surface area contributed by atoms with E-state index in [1.54, 1.807) is 0 Å². The van der Waals surface area contributed by atoms with Crippen LogP contribution in [0.2, 0.25) is 0 Å². The fourth-order valence-electron chi connectivity index (χ4n) is 2.34. The van der Waals surface area contributed by atoms with Crippen LogP contribution in [-0.2, 0) is 6.42 Å². The van der Waals surface area contributed by atoms with Crippen LogP contribution in [0.3, 0.4) is 0 Å². The van der Waals surface area contributed by atoms with Crippen molar-refractivity contribution in [2.75, 3.05) is 20.1 Å². The minimum Gasteiger partial charge on any atom is -0.356 e. The third-order valence-electron chi connectivity index (χ3n) is 3.66. The molecular weight excluding hydrogens is 286 g/mol. The monoisotopic (exact) mass is 313 g/mol. The van der Waals surface area contributed by atoms with Gasteiger partial charge in [0.05, 0.1) is 11.9 Å². The Balaban J connectivity index is 1.75. The van der Waals surface area contributed by atoms with Gasteiger partial charge in [-0.1, -0.05) is 38.0 Å². The second-order valence-electron chi connectivity index (χ2n) is 5.51. The average molecular weight is 313 g/mol. The van der Waals surface area contributed by atoms with Crippen molar-refractivity contribution >= 4 is 5.96 Å². The SMILES string of the molecule is CCCCCNC(=NC)NCCc1cnn(-c2ccccc2)c1. The van der Waals surface area contributed by atoms with Crippen LogP contribution in [0.1, 0.15) is 31.7 Å². The maximum Gasteiger partial charge on any atom is 0.190 e. The van der Waals surface area contributed by atoms with Crippen LogP contribution in [0.5, 0.6) is 0 Å². The molecule has 0 saturated heterocycles. The van der Waals surface area contributed by atoms with Crippen molar-refractivity contribution in [1.29, 1.82) is 0 Å². The molecule has 0 radical (unpaired) electrons. The van der Waals surface area contributed by atoms with E-state index in [4.69, 9.17) is 0 Å². The van der Waals surface area contributed by atoms with Gasteiger partial charge < -0.3 is 10.6 Å². The van der Waals surface area contributed by atoms with E-state index in [2.05, 4.69) is 46.0 Å². The third-order valence-corrected chi connectivity index (χ3v) is 3.66. The molecule has 23 heavy (non-hydrogen) atoms. The zero-order chi connectivity index (χ0) is 16.3. The molecule has 0 unspecified atom stereocenters. The van der Waals surface area contributed by atoms with Crippen molar-refractivity contribution in [1.82, 2.24) is 20.4 Å². The van der Waals surface area contributed by atoms with E-state index < -0.39 is 0 Å². The molecule has 0 aliphatic carbocycles. The predicted octanol–water partition coefficient (Wildman–Crippen LogP) is 2.77. The van der Waals surface area contributed by atoms with E-state index in [0.717, 1.165) is 31.2 Å². The van der Waals surface area contributed by atoms with E-state index in [1.807, 2.05) is 36.1 Å². The van der Waals surface area contributed by atoms with E-state index >= 15 is 0 Å². The Labute approximate surface area is 138 Å². The van der Waals surface area contributed by atoms with E-state index in [1.165, 1.54) is 24.8 Å². The van der Waals surface area contributed by atoms with Crippen molar-refractivity contribution in [2.24, 2.45) is 4.99 Å². The van der Waals surface area contributed by atoms with Gasteiger partial charge >= 0.3 is 0 Å². The Morgan fingerprint density at radius 2 is 1.91 bits per heavy atom. The summed E-state index contributed by atoms with van der Waals surface area (Å²) in [5, 5.41) is 11.1. The second-order valence-corrected chi connectivity index (χ2v) is 5.51. The number of benzene rings is 1. The Morgan fingerprint density at radius 3 is 2.65 bits per heavy atom. The topological polar surface area (TPSA) is 54.2 Å². The molecule has 124 valence electrons. The third kappa shape index (κ3) is 5.77. The quantitative estimate of drug-likeness (QED) is 0.448. The molecule has 1 aromatic carbocycles. The lowest BCUT2D eigenvalue weighted by atomic mass is 10.2. The number of guanidine groups is 1. The molecule has 0 atom stereocenters. The Hall–Kier alpha value is -2.30. The summed E-state index contributed by atoms with van der Waals surface area (Å²) in [4.78, 5) is 4.24. The zero-order valence-corrected chi connectivity index (χ0v) is 14.1. The molecule has 1 heterocycles. The van der Waals surface area contributed by atoms with Gasteiger partial charge in [-0.2, -0.15) is 5.10 Å². The predicted molar refractivity (Wildman–Crippen MR) is 96.2 cm³/mol. The molecule has 5 nitrogen and oxygen atoms in total. The molecule has 0 aliphatic heterocycles. The van der Waals surface area contributed by atoms with Crippen LogP contribution < -0.4 is 10.6 Å². The Bertz CT molecular complexity index is 588. The van der Waals surface area contributed by atoms with Gasteiger partial charge in [0, 0.05) is 26.3 Å². The smallest absolute Gasteiger partial charge is 0.190 e. The summed E-state index contributed by atoms with van der Waals surface area (Å²) in [6.45, 7) is 4.02. The van der Waals surface area contributed by atoms with Gasteiger partial charge in [-0.25, -0.2) is 4.68 Å². The van der Waals surface area contributed by atoms with Crippen molar-refractivity contribution in [3.8, 4) is 5.69 Å². The Morgan fingerprint density at radius 1 is 1.13 bits per heavy atom. The number of nitrogens with zero attached hydrogens (tertiary/aromatic N) is 3. The number of nitrogens with one attached hydrogen (secondary N) is 2. The minimum absolute atomic E-state index is 0.841. The zero-order valence-electron chi connectivity index (χ0n) is 14.1. The highest BCUT2D eigenvalue weighted by atomic mass is 15.3. The molecule has 0 amide bonds. The van der Waals surface area contributed by atoms with Gasteiger partial charge in [-0.3, -0.25) is 4.99 Å². The summed E-state index contributed by atoms with van der Waals surface area (Å²) in [5.74, 6) is 0.872. The molecule has 2 aromatic rings. The minimum atomic E-state index is 0.841. The summed E-state index contributed by atoms with van der Waals surface area (Å²) < 4.78 is 1.91. The highest BCUT2D eigenvalue weighted by molar-refractivity contribution is 5.79. The van der Waals surface area contributed by atoms with Gasteiger partial charge in [0.15, 0.2) is 5.96 Å². The number of hydrogen-bond donors (Lipinski definition) is 2. The van der Waals surface area contributed by atoms with Gasteiger partial charge in [0.1, 0.15) is 0 Å². The van der Waals surface area contributed by atoms with Gasteiger partial charge in [-0.05, 0) is 30.5 Å². The van der Waals surface area contributed by atoms with Crippen molar-refractivity contribution in [3.63, 3.8) is 0 Å². The summed E-state index contributed by atoms with van der Waals surface area (Å²) in [7, 11) is 1.81.